The molecule has 0 amide bonds. The quantitative estimate of drug-likeness (QED) is 0.178. The molecule has 0 aromatic heterocycles. The van der Waals surface area contributed by atoms with Crippen LogP contribution < -0.4 is 0 Å². The monoisotopic (exact) mass is 360 g/mol. The first-order chi connectivity index (χ1) is 11.1. The maximum Gasteiger partial charge on any atom is 0.0589 e. The summed E-state index contributed by atoms with van der Waals surface area (Å²) in [6.45, 7) is 9.82. The molecule has 0 aliphatic rings. The third-order valence-electron chi connectivity index (χ3n) is 5.23. The second-order valence-electron chi connectivity index (χ2n) is 8.33. The van der Waals surface area contributed by atoms with Gasteiger partial charge in [-0.15, -0.1) is 0 Å². The summed E-state index contributed by atoms with van der Waals surface area (Å²) in [4.78, 5) is 0. The Balaban J connectivity index is 0. The van der Waals surface area contributed by atoms with Gasteiger partial charge in [0.05, 0.1) is 12.3 Å². The number of rotatable bonds is 18. The maximum absolute atomic E-state index is 2.61. The molecular formula is C22H49OP. The molecule has 0 aliphatic carbocycles. The normalized spacial score (nSPS) is 11.5. The fourth-order valence-electron chi connectivity index (χ4n) is 3.46. The summed E-state index contributed by atoms with van der Waals surface area (Å²) in [6, 6.07) is 0. The van der Waals surface area contributed by atoms with Gasteiger partial charge in [-0.3, -0.25) is 0 Å². The standard InChI is InChI=1S/C22H48P.H2O/c1-5-7-9-11-13-15-17-19-21-23(3,4)22-20-18-16-14-12-10-8-6-2;/h5-22H2,1-4H3;1H2/q+1;/p-1. The van der Waals surface area contributed by atoms with Crippen LogP contribution in [0, 0.1) is 0 Å². The van der Waals surface area contributed by atoms with Gasteiger partial charge in [0.1, 0.15) is 0 Å². The lowest BCUT2D eigenvalue weighted by Crippen LogP contribution is -2.01. The van der Waals surface area contributed by atoms with Crippen LogP contribution in [-0.2, 0) is 0 Å². The Labute approximate surface area is 155 Å². The zero-order valence-corrected chi connectivity index (χ0v) is 18.5. The second-order valence-corrected chi connectivity index (χ2v) is 13.1. The lowest BCUT2D eigenvalue weighted by atomic mass is 10.1. The van der Waals surface area contributed by atoms with Crippen LogP contribution in [0.4, 0.5) is 0 Å². The van der Waals surface area contributed by atoms with Crippen LogP contribution in [0.5, 0.6) is 0 Å². The Bertz CT molecular complexity index is 206. The van der Waals surface area contributed by atoms with E-state index in [9.17, 15) is 0 Å². The van der Waals surface area contributed by atoms with Crippen LogP contribution in [0.2, 0.25) is 0 Å². The van der Waals surface area contributed by atoms with E-state index >= 15 is 0 Å². The summed E-state index contributed by atoms with van der Waals surface area (Å²) < 4.78 is 0. The van der Waals surface area contributed by atoms with Crippen molar-refractivity contribution in [3.05, 3.63) is 0 Å². The van der Waals surface area contributed by atoms with Gasteiger partial charge in [-0.2, -0.15) is 0 Å². The molecule has 0 rings (SSSR count). The van der Waals surface area contributed by atoms with E-state index < -0.39 is 7.26 Å². The van der Waals surface area contributed by atoms with Crippen LogP contribution >= 0.6 is 7.26 Å². The van der Waals surface area contributed by atoms with Crippen molar-refractivity contribution in [3.8, 4) is 0 Å². The molecule has 0 aliphatic heterocycles. The molecule has 0 bridgehead atoms. The Morgan fingerprint density at radius 1 is 0.417 bits per heavy atom. The summed E-state index contributed by atoms with van der Waals surface area (Å²) in [5, 5.41) is 0. The Morgan fingerprint density at radius 2 is 0.667 bits per heavy atom. The van der Waals surface area contributed by atoms with E-state index in [1.165, 1.54) is 103 Å². The minimum Gasteiger partial charge on any atom is -0.870 e. The molecule has 0 radical (unpaired) electrons. The van der Waals surface area contributed by atoms with Gasteiger partial charge in [-0.1, -0.05) is 90.9 Å². The smallest absolute Gasteiger partial charge is 0.0589 e. The summed E-state index contributed by atoms with van der Waals surface area (Å²) in [6.07, 6.45) is 26.6. The third kappa shape index (κ3) is 20.4. The van der Waals surface area contributed by atoms with Crippen molar-refractivity contribution in [2.24, 2.45) is 0 Å². The van der Waals surface area contributed by atoms with Crippen molar-refractivity contribution in [3.63, 3.8) is 0 Å². The van der Waals surface area contributed by atoms with E-state index in [1.807, 2.05) is 0 Å². The fourth-order valence-corrected chi connectivity index (χ4v) is 5.84. The second kappa shape index (κ2) is 19.7. The van der Waals surface area contributed by atoms with E-state index in [-0.39, 0.29) is 5.48 Å². The predicted molar refractivity (Wildman–Crippen MR) is 116 cm³/mol. The first kappa shape index (κ1) is 26.6. The average Bonchev–Trinajstić information content (AvgIpc) is 2.52. The topological polar surface area (TPSA) is 30.0 Å². The molecule has 2 heteroatoms. The van der Waals surface area contributed by atoms with Gasteiger partial charge in [0.25, 0.3) is 0 Å². The van der Waals surface area contributed by atoms with Crippen LogP contribution in [0.15, 0.2) is 0 Å². The van der Waals surface area contributed by atoms with E-state index in [1.54, 1.807) is 12.3 Å². The van der Waals surface area contributed by atoms with E-state index in [2.05, 4.69) is 27.2 Å². The molecule has 0 heterocycles. The number of unbranched alkanes of at least 4 members (excludes halogenated alkanes) is 14. The molecule has 148 valence electrons. The summed E-state index contributed by atoms with van der Waals surface area (Å²) >= 11 is 0. The lowest BCUT2D eigenvalue weighted by Gasteiger charge is -2.18. The van der Waals surface area contributed by atoms with Crippen molar-refractivity contribution < 1.29 is 5.48 Å². The molecule has 1 nitrogen and oxygen atoms in total. The van der Waals surface area contributed by atoms with Gasteiger partial charge in [-0.05, 0) is 25.7 Å². The SMILES string of the molecule is CCCCCCCCCC[P+](C)(C)CCCCCCCCCC.[OH-]. The van der Waals surface area contributed by atoms with Gasteiger partial charge in [0.15, 0.2) is 0 Å². The van der Waals surface area contributed by atoms with Crippen molar-refractivity contribution in [1.82, 2.24) is 0 Å². The predicted octanol–water partition coefficient (Wildman–Crippen LogP) is 8.37. The molecule has 0 spiro atoms. The molecule has 0 aromatic rings. The van der Waals surface area contributed by atoms with E-state index in [4.69, 9.17) is 0 Å². The largest absolute Gasteiger partial charge is 0.870 e. The van der Waals surface area contributed by atoms with Gasteiger partial charge >= 0.3 is 0 Å². The number of hydrogen-bond donors (Lipinski definition) is 0. The third-order valence-corrected chi connectivity index (χ3v) is 8.29. The highest BCUT2D eigenvalue weighted by Gasteiger charge is 2.23. The Kier molecular flexibility index (Phi) is 21.9. The molecule has 0 aromatic carbocycles. The molecule has 0 saturated heterocycles. The van der Waals surface area contributed by atoms with Gasteiger partial charge in [0, 0.05) is 20.6 Å². The zero-order chi connectivity index (χ0) is 17.2. The zero-order valence-electron chi connectivity index (χ0n) is 17.6. The minimum absolute atomic E-state index is 0. The first-order valence-corrected chi connectivity index (χ1v) is 14.0. The van der Waals surface area contributed by atoms with Crippen molar-refractivity contribution in [2.75, 3.05) is 25.7 Å². The van der Waals surface area contributed by atoms with Gasteiger partial charge < -0.3 is 5.48 Å². The first-order valence-electron chi connectivity index (χ1n) is 10.9. The fraction of sp³-hybridized carbons (Fsp3) is 1.00. The average molecular weight is 361 g/mol. The number of hydrogen-bond acceptors (Lipinski definition) is 1. The summed E-state index contributed by atoms with van der Waals surface area (Å²) in [7, 11) is -0.575. The maximum atomic E-state index is 2.61. The van der Waals surface area contributed by atoms with Crippen molar-refractivity contribution in [2.45, 2.75) is 117 Å². The molecule has 1 N–H and O–H groups in total. The highest BCUT2D eigenvalue weighted by molar-refractivity contribution is 7.74. The minimum atomic E-state index is -0.575. The summed E-state index contributed by atoms with van der Waals surface area (Å²) in [5.41, 5.74) is 0. The molecule has 0 atom stereocenters. The van der Waals surface area contributed by atoms with Crippen LogP contribution in [0.3, 0.4) is 0 Å². The van der Waals surface area contributed by atoms with Crippen LogP contribution in [0.1, 0.15) is 117 Å². The highest BCUT2D eigenvalue weighted by atomic mass is 31.2. The molecule has 0 unspecified atom stereocenters. The lowest BCUT2D eigenvalue weighted by molar-refractivity contribution is 0.583. The molecule has 0 saturated carbocycles. The van der Waals surface area contributed by atoms with Crippen molar-refractivity contribution >= 4 is 7.26 Å². The van der Waals surface area contributed by atoms with Crippen molar-refractivity contribution in [1.29, 1.82) is 0 Å². The Hall–Kier alpha value is 0.390. The molecular weight excluding hydrogens is 311 g/mol. The van der Waals surface area contributed by atoms with E-state index in [0.717, 1.165) is 0 Å². The van der Waals surface area contributed by atoms with Gasteiger partial charge in [-0.25, -0.2) is 0 Å². The van der Waals surface area contributed by atoms with E-state index in [0.29, 0.717) is 0 Å². The highest BCUT2D eigenvalue weighted by Crippen LogP contribution is 2.52. The molecule has 0 fully saturated rings. The molecule has 24 heavy (non-hydrogen) atoms. The van der Waals surface area contributed by atoms with Gasteiger partial charge in [0.2, 0.25) is 0 Å². The Morgan fingerprint density at radius 3 is 0.958 bits per heavy atom. The summed E-state index contributed by atoms with van der Waals surface area (Å²) in [5.74, 6) is 0. The van der Waals surface area contributed by atoms with Crippen LogP contribution in [-0.4, -0.2) is 31.1 Å². The van der Waals surface area contributed by atoms with Crippen LogP contribution in [0.25, 0.3) is 0 Å².